The van der Waals surface area contributed by atoms with Crippen molar-refractivity contribution < 1.29 is 9.53 Å². The van der Waals surface area contributed by atoms with Gasteiger partial charge in [0.25, 0.3) is 5.91 Å². The monoisotopic (exact) mass is 334 g/mol. The average Bonchev–Trinajstić information content (AvgIpc) is 2.16. The lowest BCUT2D eigenvalue weighted by Crippen LogP contribution is -2.35. The molecule has 1 atom stereocenters. The molecule has 0 heterocycles. The summed E-state index contributed by atoms with van der Waals surface area (Å²) in [5, 5.41) is 2.83. The van der Waals surface area contributed by atoms with E-state index >= 15 is 0 Å². The number of anilines is 1. The molecule has 0 aliphatic carbocycles. The SMILES string of the molecule is COCC(C)NC(=O)c1cc(N)cc(I)c1. The number of amides is 1. The van der Waals surface area contributed by atoms with Crippen molar-refractivity contribution in [2.75, 3.05) is 19.5 Å². The number of hydrogen-bond donors (Lipinski definition) is 2. The van der Waals surface area contributed by atoms with Gasteiger partial charge in [0, 0.05) is 28.0 Å². The average molecular weight is 334 g/mol. The normalized spacial score (nSPS) is 12.2. The minimum Gasteiger partial charge on any atom is -0.399 e. The number of carbonyl (C=O) groups is 1. The summed E-state index contributed by atoms with van der Waals surface area (Å²) in [5.74, 6) is -0.130. The molecule has 5 heteroatoms. The van der Waals surface area contributed by atoms with Crippen LogP contribution in [-0.2, 0) is 4.74 Å². The molecular weight excluding hydrogens is 319 g/mol. The highest BCUT2D eigenvalue weighted by Gasteiger charge is 2.10. The standard InChI is InChI=1S/C11H15IN2O2/c1-7(6-16-2)14-11(15)8-3-9(12)5-10(13)4-8/h3-5,7H,6,13H2,1-2H3,(H,14,15). The molecule has 0 bridgehead atoms. The zero-order valence-electron chi connectivity index (χ0n) is 9.29. The highest BCUT2D eigenvalue weighted by Crippen LogP contribution is 2.14. The van der Waals surface area contributed by atoms with Crippen molar-refractivity contribution in [3.8, 4) is 0 Å². The molecule has 1 aromatic rings. The van der Waals surface area contributed by atoms with Crippen molar-refractivity contribution in [3.05, 3.63) is 27.3 Å². The molecule has 16 heavy (non-hydrogen) atoms. The zero-order valence-corrected chi connectivity index (χ0v) is 11.4. The number of rotatable bonds is 4. The Morgan fingerprint density at radius 2 is 2.25 bits per heavy atom. The van der Waals surface area contributed by atoms with Crippen molar-refractivity contribution in [2.45, 2.75) is 13.0 Å². The third-order valence-electron chi connectivity index (χ3n) is 1.98. The van der Waals surface area contributed by atoms with Crippen LogP contribution in [0.2, 0.25) is 0 Å². The summed E-state index contributed by atoms with van der Waals surface area (Å²) in [5.41, 5.74) is 6.85. The van der Waals surface area contributed by atoms with Crippen molar-refractivity contribution in [1.29, 1.82) is 0 Å². The van der Waals surface area contributed by atoms with E-state index in [4.69, 9.17) is 10.5 Å². The Hall–Kier alpha value is -0.820. The smallest absolute Gasteiger partial charge is 0.251 e. The van der Waals surface area contributed by atoms with Crippen LogP contribution in [0.5, 0.6) is 0 Å². The van der Waals surface area contributed by atoms with E-state index in [9.17, 15) is 4.79 Å². The van der Waals surface area contributed by atoms with Gasteiger partial charge in [-0.2, -0.15) is 0 Å². The van der Waals surface area contributed by atoms with Crippen LogP contribution in [0.25, 0.3) is 0 Å². The first-order valence-corrected chi connectivity index (χ1v) is 5.96. The maximum absolute atomic E-state index is 11.8. The summed E-state index contributed by atoms with van der Waals surface area (Å²) < 4.78 is 5.89. The van der Waals surface area contributed by atoms with Crippen molar-refractivity contribution >= 4 is 34.2 Å². The molecule has 0 aromatic heterocycles. The van der Waals surface area contributed by atoms with Crippen molar-refractivity contribution in [2.24, 2.45) is 0 Å². The molecule has 3 N–H and O–H groups in total. The van der Waals surface area contributed by atoms with Gasteiger partial charge in [-0.05, 0) is 47.7 Å². The molecule has 0 radical (unpaired) electrons. The summed E-state index contributed by atoms with van der Waals surface area (Å²) in [4.78, 5) is 11.8. The molecule has 1 amide bonds. The molecule has 1 unspecified atom stereocenters. The minimum atomic E-state index is -0.130. The van der Waals surface area contributed by atoms with E-state index < -0.39 is 0 Å². The second-order valence-corrected chi connectivity index (χ2v) is 4.85. The lowest BCUT2D eigenvalue weighted by molar-refractivity contribution is 0.0905. The van der Waals surface area contributed by atoms with Crippen LogP contribution >= 0.6 is 22.6 Å². The van der Waals surface area contributed by atoms with Gasteiger partial charge >= 0.3 is 0 Å². The molecule has 0 saturated carbocycles. The van der Waals surface area contributed by atoms with E-state index in [0.29, 0.717) is 17.9 Å². The van der Waals surface area contributed by atoms with E-state index in [0.717, 1.165) is 3.57 Å². The number of methoxy groups -OCH3 is 1. The van der Waals surface area contributed by atoms with Gasteiger partial charge in [0.15, 0.2) is 0 Å². The molecule has 0 saturated heterocycles. The fourth-order valence-electron chi connectivity index (χ4n) is 1.34. The third kappa shape index (κ3) is 3.97. The number of halogens is 1. The van der Waals surface area contributed by atoms with Gasteiger partial charge in [0.2, 0.25) is 0 Å². The van der Waals surface area contributed by atoms with Gasteiger partial charge < -0.3 is 15.8 Å². The third-order valence-corrected chi connectivity index (χ3v) is 2.60. The van der Waals surface area contributed by atoms with Crippen LogP contribution in [-0.4, -0.2) is 25.7 Å². The van der Waals surface area contributed by atoms with Gasteiger partial charge in [-0.15, -0.1) is 0 Å². The van der Waals surface area contributed by atoms with E-state index in [1.54, 1.807) is 19.2 Å². The molecule has 0 fully saturated rings. The second-order valence-electron chi connectivity index (χ2n) is 3.60. The Morgan fingerprint density at radius 3 is 2.81 bits per heavy atom. The van der Waals surface area contributed by atoms with Crippen LogP contribution in [0.15, 0.2) is 18.2 Å². The van der Waals surface area contributed by atoms with Gasteiger partial charge in [-0.25, -0.2) is 0 Å². The predicted molar refractivity (Wildman–Crippen MR) is 72.4 cm³/mol. The Morgan fingerprint density at radius 1 is 1.56 bits per heavy atom. The van der Waals surface area contributed by atoms with Crippen LogP contribution in [0.4, 0.5) is 5.69 Å². The van der Waals surface area contributed by atoms with Crippen molar-refractivity contribution in [1.82, 2.24) is 5.32 Å². The number of nitrogens with one attached hydrogen (secondary N) is 1. The first-order valence-electron chi connectivity index (χ1n) is 4.89. The van der Waals surface area contributed by atoms with E-state index in [1.165, 1.54) is 0 Å². The summed E-state index contributed by atoms with van der Waals surface area (Å²) in [6.07, 6.45) is 0. The minimum absolute atomic E-state index is 0.0170. The zero-order chi connectivity index (χ0) is 12.1. The Balaban J connectivity index is 2.72. The van der Waals surface area contributed by atoms with Crippen LogP contribution in [0, 0.1) is 3.57 Å². The van der Waals surface area contributed by atoms with Gasteiger partial charge in [-0.3, -0.25) is 4.79 Å². The van der Waals surface area contributed by atoms with E-state index in [-0.39, 0.29) is 11.9 Å². The fourth-order valence-corrected chi connectivity index (χ4v) is 2.04. The first-order chi connectivity index (χ1) is 7.52. The predicted octanol–water partition coefficient (Wildman–Crippen LogP) is 1.64. The Labute approximate surface area is 109 Å². The highest BCUT2D eigenvalue weighted by atomic mass is 127. The number of nitrogen functional groups attached to an aromatic ring is 1. The summed E-state index contributed by atoms with van der Waals surface area (Å²) in [6.45, 7) is 2.38. The largest absolute Gasteiger partial charge is 0.399 e. The summed E-state index contributed by atoms with van der Waals surface area (Å²) >= 11 is 2.13. The quantitative estimate of drug-likeness (QED) is 0.650. The lowest BCUT2D eigenvalue weighted by atomic mass is 10.2. The van der Waals surface area contributed by atoms with Crippen LogP contribution in [0.1, 0.15) is 17.3 Å². The van der Waals surface area contributed by atoms with Gasteiger partial charge in [0.05, 0.1) is 6.61 Å². The molecule has 0 spiro atoms. The molecule has 4 nitrogen and oxygen atoms in total. The second kappa shape index (κ2) is 6.05. The number of ether oxygens (including phenoxy) is 1. The van der Waals surface area contributed by atoms with E-state index in [2.05, 4.69) is 27.9 Å². The molecule has 1 aromatic carbocycles. The van der Waals surface area contributed by atoms with Gasteiger partial charge in [0.1, 0.15) is 0 Å². The number of benzene rings is 1. The van der Waals surface area contributed by atoms with Crippen molar-refractivity contribution in [3.63, 3.8) is 0 Å². The molecular formula is C11H15IN2O2. The highest BCUT2D eigenvalue weighted by molar-refractivity contribution is 14.1. The fraction of sp³-hybridized carbons (Fsp3) is 0.364. The maximum Gasteiger partial charge on any atom is 0.251 e. The van der Waals surface area contributed by atoms with Gasteiger partial charge in [-0.1, -0.05) is 0 Å². The Kier molecular flexibility index (Phi) is 5.01. The van der Waals surface area contributed by atoms with E-state index in [1.807, 2.05) is 13.0 Å². The molecule has 0 aliphatic rings. The molecule has 0 aliphatic heterocycles. The van der Waals surface area contributed by atoms with Crippen LogP contribution in [0.3, 0.4) is 0 Å². The molecule has 1 rings (SSSR count). The maximum atomic E-state index is 11.8. The molecule has 88 valence electrons. The summed E-state index contributed by atoms with van der Waals surface area (Å²) in [7, 11) is 1.60. The number of nitrogens with two attached hydrogens (primary N) is 1. The topological polar surface area (TPSA) is 64.3 Å². The lowest BCUT2D eigenvalue weighted by Gasteiger charge is -2.13. The Bertz CT molecular complexity index is 362. The number of carbonyl (C=O) groups excluding carboxylic acids is 1. The number of hydrogen-bond acceptors (Lipinski definition) is 3. The van der Waals surface area contributed by atoms with Crippen LogP contribution < -0.4 is 11.1 Å². The summed E-state index contributed by atoms with van der Waals surface area (Å²) in [6, 6.07) is 5.26. The first kappa shape index (κ1) is 13.2.